The summed E-state index contributed by atoms with van der Waals surface area (Å²) in [6, 6.07) is 7.41. The van der Waals surface area contributed by atoms with Gasteiger partial charge in [-0.05, 0) is 43.7 Å². The first-order valence-corrected chi connectivity index (χ1v) is 8.39. The van der Waals surface area contributed by atoms with Crippen LogP contribution in [0, 0.1) is 13.8 Å². The van der Waals surface area contributed by atoms with Crippen LogP contribution < -0.4 is 5.32 Å². The minimum absolute atomic E-state index is 0.0802. The lowest BCUT2D eigenvalue weighted by Gasteiger charge is -2.05. The number of rotatable bonds is 7. The molecule has 0 radical (unpaired) electrons. The van der Waals surface area contributed by atoms with Crippen molar-refractivity contribution in [2.24, 2.45) is 0 Å². The number of carbonyl (C=O) groups is 1. The van der Waals surface area contributed by atoms with Crippen LogP contribution in [-0.2, 0) is 16.1 Å². The highest BCUT2D eigenvalue weighted by Gasteiger charge is 2.12. The topological polar surface area (TPSA) is 82.2 Å². The van der Waals surface area contributed by atoms with Crippen molar-refractivity contribution in [3.63, 3.8) is 0 Å². The quantitative estimate of drug-likeness (QED) is 0.705. The van der Waals surface area contributed by atoms with Gasteiger partial charge in [-0.3, -0.25) is 9.48 Å². The number of benzene rings is 1. The van der Waals surface area contributed by atoms with Gasteiger partial charge in [0.15, 0.2) is 0 Å². The number of hydrogen-bond donors (Lipinski definition) is 1. The highest BCUT2D eigenvalue weighted by atomic mass is 16.5. The van der Waals surface area contributed by atoms with Crippen LogP contribution in [0.4, 0.5) is 5.69 Å². The smallest absolute Gasteiger partial charge is 0.226 e. The van der Waals surface area contributed by atoms with Crippen LogP contribution >= 0.6 is 0 Å². The molecule has 26 heavy (non-hydrogen) atoms. The Morgan fingerprint density at radius 3 is 2.69 bits per heavy atom. The van der Waals surface area contributed by atoms with E-state index in [2.05, 4.69) is 15.4 Å². The zero-order chi connectivity index (χ0) is 18.5. The number of hydrogen-bond acceptors (Lipinski definition) is 5. The number of nitrogens with zero attached hydrogens (tertiary/aromatic N) is 3. The van der Waals surface area contributed by atoms with Crippen molar-refractivity contribution >= 4 is 11.6 Å². The summed E-state index contributed by atoms with van der Waals surface area (Å²) in [5.74, 6) is 1.24. The number of ether oxygens (including phenoxy) is 1. The SMILES string of the molecule is COCCC(=O)Nc1ccc(-c2nc(Cn3cc(C)cn3)c(C)o2)cc1. The van der Waals surface area contributed by atoms with Crippen molar-refractivity contribution in [3.8, 4) is 11.5 Å². The van der Waals surface area contributed by atoms with Crippen LogP contribution in [0.1, 0.15) is 23.4 Å². The largest absolute Gasteiger partial charge is 0.441 e. The number of aryl methyl sites for hydroxylation is 2. The Labute approximate surface area is 152 Å². The molecule has 0 saturated carbocycles. The van der Waals surface area contributed by atoms with Crippen molar-refractivity contribution in [3.05, 3.63) is 53.7 Å². The molecule has 1 N–H and O–H groups in total. The molecular weight excluding hydrogens is 332 g/mol. The molecule has 7 heteroatoms. The van der Waals surface area contributed by atoms with Crippen LogP contribution in [0.15, 0.2) is 41.1 Å². The maximum atomic E-state index is 11.7. The summed E-state index contributed by atoms with van der Waals surface area (Å²) >= 11 is 0. The lowest BCUT2D eigenvalue weighted by molar-refractivity contribution is -0.117. The lowest BCUT2D eigenvalue weighted by atomic mass is 10.2. The number of nitrogens with one attached hydrogen (secondary N) is 1. The molecule has 0 bridgehead atoms. The van der Waals surface area contributed by atoms with Crippen LogP contribution in [0.5, 0.6) is 0 Å². The van der Waals surface area contributed by atoms with Crippen LogP contribution in [-0.4, -0.2) is 34.4 Å². The van der Waals surface area contributed by atoms with Gasteiger partial charge in [-0.1, -0.05) is 0 Å². The monoisotopic (exact) mass is 354 g/mol. The standard InChI is InChI=1S/C19H22N4O3/c1-13-10-20-23(11-13)12-17-14(2)26-19(22-17)15-4-6-16(7-5-15)21-18(24)8-9-25-3/h4-7,10-11H,8-9,12H2,1-3H3,(H,21,24). The Hall–Kier alpha value is -2.93. The zero-order valence-electron chi connectivity index (χ0n) is 15.2. The predicted molar refractivity (Wildman–Crippen MR) is 97.9 cm³/mol. The molecule has 2 heterocycles. The van der Waals surface area contributed by atoms with Gasteiger partial charge in [-0.2, -0.15) is 5.10 Å². The summed E-state index contributed by atoms with van der Waals surface area (Å²) in [6.45, 7) is 4.86. The van der Waals surface area contributed by atoms with Crippen molar-refractivity contribution < 1.29 is 13.9 Å². The van der Waals surface area contributed by atoms with E-state index in [9.17, 15) is 4.79 Å². The average molecular weight is 354 g/mol. The van der Waals surface area contributed by atoms with Gasteiger partial charge in [-0.25, -0.2) is 4.98 Å². The number of anilines is 1. The first kappa shape index (κ1) is 17.9. The van der Waals surface area contributed by atoms with E-state index in [0.29, 0.717) is 25.5 Å². The zero-order valence-corrected chi connectivity index (χ0v) is 15.2. The number of methoxy groups -OCH3 is 1. The maximum Gasteiger partial charge on any atom is 0.226 e. The van der Waals surface area contributed by atoms with Crippen LogP contribution in [0.3, 0.4) is 0 Å². The van der Waals surface area contributed by atoms with E-state index in [1.165, 1.54) is 0 Å². The van der Waals surface area contributed by atoms with Crippen LogP contribution in [0.25, 0.3) is 11.5 Å². The molecule has 2 aromatic heterocycles. The van der Waals surface area contributed by atoms with Crippen LogP contribution in [0.2, 0.25) is 0 Å². The van der Waals surface area contributed by atoms with E-state index in [-0.39, 0.29) is 5.91 Å². The van der Waals surface area contributed by atoms with Crippen molar-refractivity contribution in [1.29, 1.82) is 0 Å². The lowest BCUT2D eigenvalue weighted by Crippen LogP contribution is -2.13. The molecule has 1 amide bonds. The summed E-state index contributed by atoms with van der Waals surface area (Å²) in [4.78, 5) is 16.3. The Morgan fingerprint density at radius 2 is 2.04 bits per heavy atom. The number of amides is 1. The first-order valence-electron chi connectivity index (χ1n) is 8.39. The normalized spacial score (nSPS) is 10.9. The van der Waals surface area contributed by atoms with Gasteiger partial charge in [0, 0.05) is 24.6 Å². The third-order valence-corrected chi connectivity index (χ3v) is 3.92. The van der Waals surface area contributed by atoms with E-state index in [1.807, 2.05) is 55.2 Å². The van der Waals surface area contributed by atoms with E-state index in [0.717, 1.165) is 28.3 Å². The molecule has 0 fully saturated rings. The van der Waals surface area contributed by atoms with E-state index in [1.54, 1.807) is 7.11 Å². The third-order valence-electron chi connectivity index (χ3n) is 3.92. The predicted octanol–water partition coefficient (Wildman–Crippen LogP) is 3.18. The Balaban J connectivity index is 1.69. The summed E-state index contributed by atoms with van der Waals surface area (Å²) in [7, 11) is 1.57. The Bertz CT molecular complexity index is 881. The highest BCUT2D eigenvalue weighted by molar-refractivity contribution is 5.90. The van der Waals surface area contributed by atoms with Crippen molar-refractivity contribution in [2.75, 3.05) is 19.0 Å². The van der Waals surface area contributed by atoms with Gasteiger partial charge in [-0.15, -0.1) is 0 Å². The molecule has 0 aliphatic carbocycles. The molecule has 136 valence electrons. The Morgan fingerprint density at radius 1 is 1.27 bits per heavy atom. The summed E-state index contributed by atoms with van der Waals surface area (Å²) in [5, 5.41) is 7.11. The van der Waals surface area contributed by atoms with Gasteiger partial charge < -0.3 is 14.5 Å². The maximum absolute atomic E-state index is 11.7. The van der Waals surface area contributed by atoms with E-state index in [4.69, 9.17) is 9.15 Å². The van der Waals surface area contributed by atoms with Gasteiger partial charge in [0.2, 0.25) is 11.8 Å². The summed E-state index contributed by atoms with van der Waals surface area (Å²) in [5.41, 5.74) is 3.53. The molecule has 1 aromatic carbocycles. The van der Waals surface area contributed by atoms with Gasteiger partial charge in [0.25, 0.3) is 0 Å². The molecule has 3 rings (SSSR count). The minimum atomic E-state index is -0.0802. The fourth-order valence-corrected chi connectivity index (χ4v) is 2.52. The molecule has 0 saturated heterocycles. The number of oxazole rings is 1. The fourth-order valence-electron chi connectivity index (χ4n) is 2.52. The second-order valence-electron chi connectivity index (χ2n) is 6.11. The molecule has 3 aromatic rings. The first-order chi connectivity index (χ1) is 12.5. The second-order valence-corrected chi connectivity index (χ2v) is 6.11. The third kappa shape index (κ3) is 4.37. The molecule has 0 aliphatic rings. The number of carbonyl (C=O) groups excluding carboxylic acids is 1. The summed E-state index contributed by atoms with van der Waals surface area (Å²) in [6.07, 6.45) is 4.11. The molecule has 0 aliphatic heterocycles. The molecule has 0 unspecified atom stereocenters. The second kappa shape index (κ2) is 7.97. The van der Waals surface area contributed by atoms with Gasteiger partial charge in [0.05, 0.1) is 25.8 Å². The van der Waals surface area contributed by atoms with Crippen molar-refractivity contribution in [2.45, 2.75) is 26.8 Å². The van der Waals surface area contributed by atoms with E-state index < -0.39 is 0 Å². The van der Waals surface area contributed by atoms with Crippen molar-refractivity contribution in [1.82, 2.24) is 14.8 Å². The molecule has 0 atom stereocenters. The van der Waals surface area contributed by atoms with E-state index >= 15 is 0 Å². The minimum Gasteiger partial charge on any atom is -0.441 e. The Kier molecular flexibility index (Phi) is 5.48. The average Bonchev–Trinajstić information content (AvgIpc) is 3.20. The molecule has 0 spiro atoms. The van der Waals surface area contributed by atoms with Gasteiger partial charge in [0.1, 0.15) is 11.5 Å². The highest BCUT2D eigenvalue weighted by Crippen LogP contribution is 2.24. The van der Waals surface area contributed by atoms with Gasteiger partial charge >= 0.3 is 0 Å². The molecular formula is C19H22N4O3. The fraction of sp³-hybridized carbons (Fsp3) is 0.316. The molecule has 7 nitrogen and oxygen atoms in total. The number of aromatic nitrogens is 3. The summed E-state index contributed by atoms with van der Waals surface area (Å²) < 4.78 is 12.5.